The average molecular weight is 163 g/mol. The van der Waals surface area contributed by atoms with Gasteiger partial charge in [0.1, 0.15) is 12.9 Å². The predicted molar refractivity (Wildman–Crippen MR) is 51.0 cm³/mol. The van der Waals surface area contributed by atoms with Crippen LogP contribution >= 0.6 is 0 Å². The largest absolute Gasteiger partial charge is 0.490 e. The number of rotatable bonds is 4. The monoisotopic (exact) mass is 163 g/mol. The van der Waals surface area contributed by atoms with E-state index in [9.17, 15) is 0 Å². The minimum absolute atomic E-state index is 0.829. The molecule has 65 valence electrons. The van der Waals surface area contributed by atoms with E-state index in [1.165, 1.54) is 18.4 Å². The topological polar surface area (TPSA) is 9.23 Å². The lowest BCUT2D eigenvalue weighted by Crippen LogP contribution is -1.84. The molecule has 0 aliphatic carbocycles. The van der Waals surface area contributed by atoms with Crippen molar-refractivity contribution >= 4 is 0 Å². The molecule has 0 atom stereocenters. The first-order chi connectivity index (χ1) is 5.86. The van der Waals surface area contributed by atoms with Gasteiger partial charge < -0.3 is 4.74 Å². The highest BCUT2D eigenvalue weighted by Crippen LogP contribution is 2.13. The molecular formula is C11H15O. The quantitative estimate of drug-likeness (QED) is 0.662. The van der Waals surface area contributed by atoms with E-state index >= 15 is 0 Å². The van der Waals surface area contributed by atoms with Crippen LogP contribution in [0, 0.1) is 7.11 Å². The highest BCUT2D eigenvalue weighted by molar-refractivity contribution is 5.27. The van der Waals surface area contributed by atoms with Crippen LogP contribution in [0.2, 0.25) is 0 Å². The lowest BCUT2D eigenvalue weighted by atomic mass is 10.1. The van der Waals surface area contributed by atoms with Crippen molar-refractivity contribution in [1.82, 2.24) is 0 Å². The Bertz CT molecular complexity index is 213. The molecule has 0 unspecified atom stereocenters. The summed E-state index contributed by atoms with van der Waals surface area (Å²) >= 11 is 0. The van der Waals surface area contributed by atoms with Gasteiger partial charge in [-0.05, 0) is 30.5 Å². The fourth-order valence-electron chi connectivity index (χ4n) is 1.13. The van der Waals surface area contributed by atoms with E-state index in [1.807, 2.05) is 12.1 Å². The van der Waals surface area contributed by atoms with Crippen molar-refractivity contribution in [2.24, 2.45) is 0 Å². The first-order valence-electron chi connectivity index (χ1n) is 4.37. The molecule has 0 fully saturated rings. The molecule has 0 aliphatic heterocycles. The van der Waals surface area contributed by atoms with Gasteiger partial charge in [0.2, 0.25) is 0 Å². The van der Waals surface area contributed by atoms with Gasteiger partial charge in [0, 0.05) is 0 Å². The van der Waals surface area contributed by atoms with Crippen molar-refractivity contribution < 1.29 is 4.74 Å². The molecule has 0 saturated carbocycles. The molecule has 1 nitrogen and oxygen atoms in total. The van der Waals surface area contributed by atoms with E-state index in [0.717, 1.165) is 12.2 Å². The van der Waals surface area contributed by atoms with E-state index in [2.05, 4.69) is 26.2 Å². The van der Waals surface area contributed by atoms with Crippen molar-refractivity contribution in [2.45, 2.75) is 26.2 Å². The molecule has 1 rings (SSSR count). The summed E-state index contributed by atoms with van der Waals surface area (Å²) in [5, 5.41) is 0. The van der Waals surface area contributed by atoms with Crippen molar-refractivity contribution in [2.75, 3.05) is 0 Å². The maximum Gasteiger partial charge on any atom is 0.122 e. The third-order valence-electron chi connectivity index (χ3n) is 1.91. The highest BCUT2D eigenvalue weighted by Gasteiger charge is 1.92. The van der Waals surface area contributed by atoms with Crippen LogP contribution in [0.1, 0.15) is 25.3 Å². The summed E-state index contributed by atoms with van der Waals surface area (Å²) < 4.78 is 4.82. The Morgan fingerprint density at radius 2 is 1.92 bits per heavy atom. The summed E-state index contributed by atoms with van der Waals surface area (Å²) in [6, 6.07) is 8.10. The fourth-order valence-corrected chi connectivity index (χ4v) is 1.13. The van der Waals surface area contributed by atoms with Gasteiger partial charge in [-0.1, -0.05) is 25.5 Å². The minimum Gasteiger partial charge on any atom is -0.490 e. The molecule has 1 heteroatoms. The summed E-state index contributed by atoms with van der Waals surface area (Å²) in [5.41, 5.74) is 1.37. The van der Waals surface area contributed by atoms with Crippen molar-refractivity contribution in [3.63, 3.8) is 0 Å². The van der Waals surface area contributed by atoms with Crippen LogP contribution in [-0.4, -0.2) is 0 Å². The molecule has 1 aromatic rings. The van der Waals surface area contributed by atoms with E-state index in [0.29, 0.717) is 0 Å². The molecule has 0 saturated heterocycles. The summed E-state index contributed by atoms with van der Waals surface area (Å²) in [6.45, 7) is 2.20. The molecule has 0 heterocycles. The smallest absolute Gasteiger partial charge is 0.122 e. The molecule has 0 aliphatic rings. The summed E-state index contributed by atoms with van der Waals surface area (Å²) in [4.78, 5) is 0. The summed E-state index contributed by atoms with van der Waals surface area (Å²) in [5.74, 6) is 0.829. The molecule has 1 aromatic carbocycles. The highest BCUT2D eigenvalue weighted by atomic mass is 16.5. The molecule has 0 N–H and O–H groups in total. The first-order valence-corrected chi connectivity index (χ1v) is 4.37. The molecule has 0 bridgehead atoms. The normalized spacial score (nSPS) is 9.83. The molecule has 1 radical (unpaired) electrons. The van der Waals surface area contributed by atoms with Crippen molar-refractivity contribution in [3.8, 4) is 5.75 Å². The number of ether oxygens (including phenoxy) is 1. The van der Waals surface area contributed by atoms with Gasteiger partial charge in [0.25, 0.3) is 0 Å². The second-order valence-electron chi connectivity index (χ2n) is 2.89. The van der Waals surface area contributed by atoms with Crippen molar-refractivity contribution in [1.29, 1.82) is 0 Å². The molecule has 0 spiro atoms. The number of unbranched alkanes of at least 4 members (excludes halogenated alkanes) is 1. The Kier molecular flexibility index (Phi) is 3.65. The molecule has 0 amide bonds. The molecule has 12 heavy (non-hydrogen) atoms. The zero-order valence-corrected chi connectivity index (χ0v) is 7.55. The Balaban J connectivity index is 2.53. The SMILES string of the molecule is [CH2]Oc1ccc(CCCC)cc1. The number of benzene rings is 1. The number of hydrogen-bond donors (Lipinski definition) is 0. The van der Waals surface area contributed by atoms with Crippen LogP contribution < -0.4 is 4.74 Å². The Labute approximate surface area is 74.4 Å². The third-order valence-corrected chi connectivity index (χ3v) is 1.91. The van der Waals surface area contributed by atoms with Gasteiger partial charge in [-0.25, -0.2) is 0 Å². The average Bonchev–Trinajstić information content (AvgIpc) is 2.15. The number of aryl methyl sites for hydroxylation is 1. The van der Waals surface area contributed by atoms with E-state index in [-0.39, 0.29) is 0 Å². The standard InChI is InChI=1S/C11H15O/c1-3-4-5-10-6-8-11(12-2)9-7-10/h6-9H,2-5H2,1H3. The van der Waals surface area contributed by atoms with Gasteiger partial charge in [-0.15, -0.1) is 0 Å². The lowest BCUT2D eigenvalue weighted by molar-refractivity contribution is 0.473. The predicted octanol–water partition coefficient (Wildman–Crippen LogP) is 3.20. The third kappa shape index (κ3) is 2.57. The van der Waals surface area contributed by atoms with Crippen LogP contribution in [0.4, 0.5) is 0 Å². The van der Waals surface area contributed by atoms with Crippen LogP contribution in [0.25, 0.3) is 0 Å². The Morgan fingerprint density at radius 1 is 1.25 bits per heavy atom. The second-order valence-corrected chi connectivity index (χ2v) is 2.89. The zero-order chi connectivity index (χ0) is 8.81. The van der Waals surface area contributed by atoms with Gasteiger partial charge in [0.15, 0.2) is 0 Å². The maximum atomic E-state index is 4.82. The van der Waals surface area contributed by atoms with Gasteiger partial charge in [0.05, 0.1) is 0 Å². The van der Waals surface area contributed by atoms with Crippen LogP contribution in [0.5, 0.6) is 5.75 Å². The van der Waals surface area contributed by atoms with Crippen molar-refractivity contribution in [3.05, 3.63) is 36.9 Å². The first kappa shape index (κ1) is 9.11. The minimum atomic E-state index is 0.829. The van der Waals surface area contributed by atoms with Crippen LogP contribution in [0.3, 0.4) is 0 Å². The van der Waals surface area contributed by atoms with Gasteiger partial charge >= 0.3 is 0 Å². The van der Waals surface area contributed by atoms with Gasteiger partial charge in [-0.2, -0.15) is 0 Å². The zero-order valence-electron chi connectivity index (χ0n) is 7.55. The molecular weight excluding hydrogens is 148 g/mol. The van der Waals surface area contributed by atoms with Crippen LogP contribution in [0.15, 0.2) is 24.3 Å². The second kappa shape index (κ2) is 4.81. The number of hydrogen-bond acceptors (Lipinski definition) is 1. The Morgan fingerprint density at radius 3 is 2.42 bits per heavy atom. The van der Waals surface area contributed by atoms with E-state index in [1.54, 1.807) is 0 Å². The fraction of sp³-hybridized carbons (Fsp3) is 0.364. The summed E-state index contributed by atoms with van der Waals surface area (Å²) in [6.07, 6.45) is 3.66. The van der Waals surface area contributed by atoms with E-state index in [4.69, 9.17) is 4.74 Å². The molecule has 0 aromatic heterocycles. The van der Waals surface area contributed by atoms with Gasteiger partial charge in [-0.3, -0.25) is 0 Å². The maximum absolute atomic E-state index is 4.82. The Hall–Kier alpha value is -0.980. The van der Waals surface area contributed by atoms with E-state index < -0.39 is 0 Å². The lowest BCUT2D eigenvalue weighted by Gasteiger charge is -2.01. The van der Waals surface area contributed by atoms with Crippen LogP contribution in [-0.2, 0) is 6.42 Å². The summed E-state index contributed by atoms with van der Waals surface area (Å²) in [7, 11) is 3.35.